The smallest absolute Gasteiger partial charge is 0.175 e. The van der Waals surface area contributed by atoms with Crippen molar-refractivity contribution in [2.45, 2.75) is 127 Å². The molecule has 0 fully saturated rings. The number of hydrogen-bond donors (Lipinski definition) is 1. The minimum absolute atomic E-state index is 0.250. The highest BCUT2D eigenvalue weighted by molar-refractivity contribution is 5.69. The van der Waals surface area contributed by atoms with E-state index in [4.69, 9.17) is 5.11 Å². The number of nitrogens with zero attached hydrogens (tertiary/aromatic N) is 1. The Kier molecular flexibility index (Phi) is 19.4. The van der Waals surface area contributed by atoms with Crippen LogP contribution in [-0.2, 0) is 0 Å². The van der Waals surface area contributed by atoms with Crippen LogP contribution in [0.15, 0.2) is 117 Å². The number of allylic oxidation sites excluding steroid dienone is 18. The summed E-state index contributed by atoms with van der Waals surface area (Å²) in [5, 5.41) is 7.57. The SMILES string of the molecule is CC.CC1=C(/C=C/C(C)=C/C=C/C2=CC=[N+](C)C(/C=C(C)/C=C/C=C(C)/C=C/C3=C(C)CCCC3(C)C)C2)C(C)CCC1.CCO. The third-order valence-electron chi connectivity index (χ3n) is 9.13. The molecule has 1 heterocycles. The molecule has 0 aromatic carbocycles. The Hall–Kier alpha value is -2.97. The highest BCUT2D eigenvalue weighted by Gasteiger charge is 2.26. The highest BCUT2D eigenvalue weighted by Crippen LogP contribution is 2.40. The van der Waals surface area contributed by atoms with Crippen LogP contribution >= 0.6 is 0 Å². The van der Waals surface area contributed by atoms with Crippen LogP contribution in [0.25, 0.3) is 0 Å². The number of rotatable bonds is 9. The van der Waals surface area contributed by atoms with Crippen LogP contribution in [0.4, 0.5) is 0 Å². The molecular weight excluding hydrogens is 558 g/mol. The van der Waals surface area contributed by atoms with E-state index in [0.29, 0.717) is 12.0 Å². The molecule has 2 aliphatic carbocycles. The average Bonchev–Trinajstić information content (AvgIpc) is 2.99. The van der Waals surface area contributed by atoms with Gasteiger partial charge in [-0.05, 0) is 120 Å². The molecule has 0 saturated heterocycles. The Morgan fingerprint density at radius 1 is 0.891 bits per heavy atom. The predicted molar refractivity (Wildman–Crippen MR) is 207 cm³/mol. The first-order valence-electron chi connectivity index (χ1n) is 17.9. The number of hydrogen-bond acceptors (Lipinski definition) is 1. The average molecular weight is 627 g/mol. The van der Waals surface area contributed by atoms with Crippen molar-refractivity contribution in [1.29, 1.82) is 0 Å². The monoisotopic (exact) mass is 627 g/mol. The van der Waals surface area contributed by atoms with Crippen LogP contribution in [0.2, 0.25) is 0 Å². The van der Waals surface area contributed by atoms with Gasteiger partial charge in [0.05, 0.1) is 0 Å². The topological polar surface area (TPSA) is 23.2 Å². The first-order valence-corrected chi connectivity index (χ1v) is 17.9. The van der Waals surface area contributed by atoms with Crippen LogP contribution in [0.3, 0.4) is 0 Å². The van der Waals surface area contributed by atoms with Gasteiger partial charge in [-0.15, -0.1) is 0 Å². The van der Waals surface area contributed by atoms with Crippen molar-refractivity contribution >= 4 is 6.21 Å². The molecule has 2 atom stereocenters. The summed E-state index contributed by atoms with van der Waals surface area (Å²) in [4.78, 5) is 0. The van der Waals surface area contributed by atoms with Crippen LogP contribution in [0, 0.1) is 11.3 Å². The summed E-state index contributed by atoms with van der Waals surface area (Å²) in [6, 6.07) is 0.366. The van der Waals surface area contributed by atoms with Gasteiger partial charge in [-0.3, -0.25) is 0 Å². The Labute approximate surface area is 284 Å². The summed E-state index contributed by atoms with van der Waals surface area (Å²) in [7, 11) is 2.17. The molecule has 1 aliphatic heterocycles. The van der Waals surface area contributed by atoms with Crippen LogP contribution in [-0.4, -0.2) is 35.6 Å². The summed E-state index contributed by atoms with van der Waals surface area (Å²) < 4.78 is 2.31. The van der Waals surface area contributed by atoms with Gasteiger partial charge in [-0.1, -0.05) is 118 Å². The van der Waals surface area contributed by atoms with Gasteiger partial charge in [0.25, 0.3) is 0 Å². The zero-order valence-corrected chi connectivity index (χ0v) is 31.7. The van der Waals surface area contributed by atoms with Crippen molar-refractivity contribution in [2.24, 2.45) is 11.3 Å². The van der Waals surface area contributed by atoms with Gasteiger partial charge >= 0.3 is 0 Å². The maximum atomic E-state index is 7.57. The molecule has 254 valence electrons. The molecule has 0 aromatic rings. The van der Waals surface area contributed by atoms with Crippen molar-refractivity contribution in [3.05, 3.63) is 117 Å². The second-order valence-corrected chi connectivity index (χ2v) is 13.7. The highest BCUT2D eigenvalue weighted by atomic mass is 16.2. The zero-order valence-electron chi connectivity index (χ0n) is 31.7. The normalized spacial score (nSPS) is 23.1. The largest absolute Gasteiger partial charge is 0.397 e. The van der Waals surface area contributed by atoms with E-state index in [0.717, 1.165) is 6.42 Å². The van der Waals surface area contributed by atoms with Gasteiger partial charge in [0.15, 0.2) is 12.3 Å². The molecule has 2 nitrogen and oxygen atoms in total. The maximum Gasteiger partial charge on any atom is 0.175 e. The van der Waals surface area contributed by atoms with Crippen molar-refractivity contribution < 1.29 is 9.68 Å². The minimum atomic E-state index is 0.250. The van der Waals surface area contributed by atoms with Gasteiger partial charge < -0.3 is 5.11 Å². The van der Waals surface area contributed by atoms with E-state index < -0.39 is 0 Å². The van der Waals surface area contributed by atoms with Gasteiger partial charge in [-0.25, -0.2) is 4.58 Å². The standard InChI is InChI=1S/C40H56N.C2H6O.C2H6/c1-30(21-23-38-33(4)17-12-18-34(38)5)15-11-20-36-25-27-41(9)37(29-36)28-32(3)16-10-14-31(2)22-24-39-35(6)19-13-26-40(39,7)8;1-2-3;1-2/h10-11,14-16,20-25,27-28,33,37H,12-13,17-19,26,29H2,1-9H3;3H,2H2,1H3;1-2H3/q+1;;/b16-10+,20-11+,23-21+,24-22+,30-15+,31-14+,32-28+;;. The minimum Gasteiger partial charge on any atom is -0.397 e. The lowest BCUT2D eigenvalue weighted by molar-refractivity contribution is -0.521. The molecule has 46 heavy (non-hydrogen) atoms. The van der Waals surface area contributed by atoms with Gasteiger partial charge in [0.1, 0.15) is 7.05 Å². The van der Waals surface area contributed by atoms with E-state index in [2.05, 4.69) is 146 Å². The summed E-state index contributed by atoms with van der Waals surface area (Å²) in [6.45, 7) is 24.3. The Bertz CT molecular complexity index is 1310. The van der Waals surface area contributed by atoms with Crippen molar-refractivity contribution in [3.8, 4) is 0 Å². The van der Waals surface area contributed by atoms with Crippen LogP contribution in [0.1, 0.15) is 121 Å². The molecule has 0 saturated carbocycles. The Morgan fingerprint density at radius 3 is 2.13 bits per heavy atom. The number of aliphatic hydroxyl groups excluding tert-OH is 1. The zero-order chi connectivity index (χ0) is 34.7. The first kappa shape index (κ1) is 41.1. The van der Waals surface area contributed by atoms with E-state index in [-0.39, 0.29) is 12.0 Å². The molecule has 1 N–H and O–H groups in total. The predicted octanol–water partition coefficient (Wildman–Crippen LogP) is 12.1. The summed E-state index contributed by atoms with van der Waals surface area (Å²) >= 11 is 0. The molecule has 2 unspecified atom stereocenters. The second kappa shape index (κ2) is 21.8. The molecule has 0 spiro atoms. The summed E-state index contributed by atoms with van der Waals surface area (Å²) in [5.74, 6) is 0.685. The van der Waals surface area contributed by atoms with E-state index in [9.17, 15) is 0 Å². The van der Waals surface area contributed by atoms with E-state index in [1.54, 1.807) is 18.1 Å². The third kappa shape index (κ3) is 14.6. The molecule has 3 rings (SSSR count). The fraction of sp³-hybridized carbons (Fsp3) is 0.523. The quantitative estimate of drug-likeness (QED) is 0.200. The summed E-state index contributed by atoms with van der Waals surface area (Å²) in [6.07, 6.45) is 38.2. The molecule has 0 radical (unpaired) electrons. The lowest BCUT2D eigenvalue weighted by Crippen LogP contribution is -2.25. The van der Waals surface area contributed by atoms with Crippen LogP contribution < -0.4 is 0 Å². The molecular formula is C44H68NO+. The Morgan fingerprint density at radius 2 is 1.50 bits per heavy atom. The molecule has 2 heteroatoms. The number of likely N-dealkylation sites (N-methyl/N-ethyl adjacent to an activating group) is 1. The number of aliphatic hydroxyl groups is 1. The molecule has 3 aliphatic rings. The second-order valence-electron chi connectivity index (χ2n) is 13.7. The van der Waals surface area contributed by atoms with Crippen molar-refractivity contribution in [2.75, 3.05) is 13.7 Å². The van der Waals surface area contributed by atoms with Crippen molar-refractivity contribution in [3.63, 3.8) is 0 Å². The molecule has 0 bridgehead atoms. The van der Waals surface area contributed by atoms with Gasteiger partial charge in [-0.2, -0.15) is 0 Å². The lowest BCUT2D eigenvalue weighted by atomic mass is 9.72. The first-order chi connectivity index (χ1) is 21.9. The van der Waals surface area contributed by atoms with Gasteiger partial charge in [0, 0.05) is 19.1 Å². The Balaban J connectivity index is 0.00000199. The molecule has 0 aromatic heterocycles. The third-order valence-corrected chi connectivity index (χ3v) is 9.13. The van der Waals surface area contributed by atoms with Crippen molar-refractivity contribution in [1.82, 2.24) is 0 Å². The fourth-order valence-corrected chi connectivity index (χ4v) is 6.37. The van der Waals surface area contributed by atoms with E-state index in [1.165, 1.54) is 72.0 Å². The van der Waals surface area contributed by atoms with E-state index >= 15 is 0 Å². The lowest BCUT2D eigenvalue weighted by Gasteiger charge is -2.32. The maximum absolute atomic E-state index is 7.57. The van der Waals surface area contributed by atoms with Crippen LogP contribution in [0.5, 0.6) is 0 Å². The summed E-state index contributed by atoms with van der Waals surface area (Å²) in [5.41, 5.74) is 11.7. The fourth-order valence-electron chi connectivity index (χ4n) is 6.37. The van der Waals surface area contributed by atoms with E-state index in [1.807, 2.05) is 13.8 Å². The molecule has 0 amide bonds. The van der Waals surface area contributed by atoms with Gasteiger partial charge in [0.2, 0.25) is 0 Å².